The van der Waals surface area contributed by atoms with E-state index in [1.54, 1.807) is 0 Å². The van der Waals surface area contributed by atoms with E-state index >= 15 is 0 Å². The zero-order valence-electron chi connectivity index (χ0n) is 11.9. The van der Waals surface area contributed by atoms with Crippen molar-refractivity contribution in [3.05, 3.63) is 0 Å². The van der Waals surface area contributed by atoms with Crippen molar-refractivity contribution in [1.82, 2.24) is 5.32 Å². The minimum absolute atomic E-state index is 0.0958. The summed E-state index contributed by atoms with van der Waals surface area (Å²) in [5, 5.41) is 3.25. The number of hydrogen-bond donors (Lipinski definition) is 2. The average molecular weight is 282 g/mol. The molecular formula is C15H26N2OS. The Morgan fingerprint density at radius 3 is 2.37 bits per heavy atom. The van der Waals surface area contributed by atoms with Crippen LogP contribution in [0.25, 0.3) is 0 Å². The molecule has 108 valence electrons. The van der Waals surface area contributed by atoms with Gasteiger partial charge in [-0.2, -0.15) is 0 Å². The molecule has 3 nitrogen and oxygen atoms in total. The summed E-state index contributed by atoms with van der Waals surface area (Å²) in [5.74, 6) is 0.670. The molecular weight excluding hydrogens is 256 g/mol. The first-order valence-corrected chi connectivity index (χ1v) is 8.08. The maximum Gasteiger partial charge on any atom is 0.233 e. The van der Waals surface area contributed by atoms with Gasteiger partial charge in [0.1, 0.15) is 0 Å². The third kappa shape index (κ3) is 3.10. The van der Waals surface area contributed by atoms with E-state index in [1.165, 1.54) is 25.7 Å². The summed E-state index contributed by atoms with van der Waals surface area (Å²) < 4.78 is 0. The van der Waals surface area contributed by atoms with Crippen molar-refractivity contribution < 1.29 is 4.79 Å². The first-order valence-electron chi connectivity index (χ1n) is 7.67. The Kier molecular flexibility index (Phi) is 4.82. The Hall–Kier alpha value is -0.640. The van der Waals surface area contributed by atoms with Gasteiger partial charge in [-0.15, -0.1) is 0 Å². The number of rotatable bonds is 3. The molecule has 2 fully saturated rings. The summed E-state index contributed by atoms with van der Waals surface area (Å²) in [5.41, 5.74) is 5.35. The van der Waals surface area contributed by atoms with Crippen LogP contribution >= 0.6 is 12.2 Å². The molecule has 0 bridgehead atoms. The predicted molar refractivity (Wildman–Crippen MR) is 81.9 cm³/mol. The van der Waals surface area contributed by atoms with Gasteiger partial charge in [0.05, 0.1) is 10.4 Å². The van der Waals surface area contributed by atoms with E-state index in [4.69, 9.17) is 18.0 Å². The molecule has 2 unspecified atom stereocenters. The first kappa shape index (κ1) is 14.8. The van der Waals surface area contributed by atoms with Crippen molar-refractivity contribution in [2.45, 2.75) is 70.8 Å². The molecule has 3 N–H and O–H groups in total. The van der Waals surface area contributed by atoms with Crippen molar-refractivity contribution in [1.29, 1.82) is 0 Å². The SMILES string of the molecule is CC1CCCCC1NC(=O)C1(C(N)=S)CCCCC1. The second kappa shape index (κ2) is 6.21. The van der Waals surface area contributed by atoms with E-state index in [0.29, 0.717) is 16.9 Å². The number of nitrogens with two attached hydrogens (primary N) is 1. The maximum atomic E-state index is 12.7. The second-order valence-corrected chi connectivity index (χ2v) is 6.79. The van der Waals surface area contributed by atoms with Crippen molar-refractivity contribution in [2.75, 3.05) is 0 Å². The standard InChI is InChI=1S/C15H26N2OS/c1-11-7-3-4-8-12(11)17-14(18)15(13(16)19)9-5-2-6-10-15/h11-12H,2-10H2,1H3,(H2,16,19)(H,17,18). The highest BCUT2D eigenvalue weighted by Gasteiger charge is 2.43. The van der Waals surface area contributed by atoms with Gasteiger partial charge in [-0.1, -0.05) is 51.2 Å². The zero-order valence-corrected chi connectivity index (χ0v) is 12.7. The summed E-state index contributed by atoms with van der Waals surface area (Å²) in [6, 6.07) is 0.314. The average Bonchev–Trinajstić information content (AvgIpc) is 2.42. The molecule has 2 rings (SSSR count). The molecule has 2 aliphatic carbocycles. The monoisotopic (exact) mass is 282 g/mol. The Morgan fingerprint density at radius 2 is 1.79 bits per heavy atom. The molecule has 2 saturated carbocycles. The van der Waals surface area contributed by atoms with Crippen LogP contribution in [0.3, 0.4) is 0 Å². The van der Waals surface area contributed by atoms with Crippen LogP contribution in [0.4, 0.5) is 0 Å². The molecule has 0 saturated heterocycles. The maximum absolute atomic E-state index is 12.7. The molecule has 2 aliphatic rings. The van der Waals surface area contributed by atoms with Gasteiger partial charge in [0.2, 0.25) is 5.91 Å². The number of hydrogen-bond acceptors (Lipinski definition) is 2. The van der Waals surface area contributed by atoms with Gasteiger partial charge in [0.15, 0.2) is 0 Å². The summed E-state index contributed by atoms with van der Waals surface area (Å²) in [6.07, 6.45) is 9.78. The Balaban J connectivity index is 2.05. The predicted octanol–water partition coefficient (Wildman–Crippen LogP) is 2.92. The molecule has 0 radical (unpaired) electrons. The fourth-order valence-corrected chi connectivity index (χ4v) is 3.87. The van der Waals surface area contributed by atoms with Crippen LogP contribution in [0, 0.1) is 11.3 Å². The Morgan fingerprint density at radius 1 is 1.16 bits per heavy atom. The van der Waals surface area contributed by atoms with E-state index in [-0.39, 0.29) is 5.91 Å². The van der Waals surface area contributed by atoms with Gasteiger partial charge in [-0.3, -0.25) is 4.79 Å². The summed E-state index contributed by atoms with van der Waals surface area (Å²) in [6.45, 7) is 2.23. The lowest BCUT2D eigenvalue weighted by molar-refractivity contribution is -0.130. The molecule has 0 heterocycles. The van der Waals surface area contributed by atoms with Crippen LogP contribution in [-0.4, -0.2) is 16.9 Å². The molecule has 4 heteroatoms. The summed E-state index contributed by atoms with van der Waals surface area (Å²) >= 11 is 5.22. The second-order valence-electron chi connectivity index (χ2n) is 6.35. The lowest BCUT2D eigenvalue weighted by atomic mass is 9.72. The lowest BCUT2D eigenvalue weighted by Crippen LogP contribution is -2.54. The van der Waals surface area contributed by atoms with Crippen LogP contribution in [0.15, 0.2) is 0 Å². The topological polar surface area (TPSA) is 55.1 Å². The van der Waals surface area contributed by atoms with Crippen molar-refractivity contribution in [3.63, 3.8) is 0 Å². The van der Waals surface area contributed by atoms with Gasteiger partial charge in [0, 0.05) is 6.04 Å². The summed E-state index contributed by atoms with van der Waals surface area (Å²) in [7, 11) is 0. The molecule has 0 spiro atoms. The number of amides is 1. The summed E-state index contributed by atoms with van der Waals surface area (Å²) in [4.78, 5) is 13.1. The number of nitrogens with one attached hydrogen (secondary N) is 1. The van der Waals surface area contributed by atoms with E-state index in [1.807, 2.05) is 0 Å². The van der Waals surface area contributed by atoms with Crippen LogP contribution < -0.4 is 11.1 Å². The highest BCUT2D eigenvalue weighted by atomic mass is 32.1. The Labute approximate surface area is 121 Å². The van der Waals surface area contributed by atoms with E-state index < -0.39 is 5.41 Å². The fraction of sp³-hybridized carbons (Fsp3) is 0.867. The highest BCUT2D eigenvalue weighted by molar-refractivity contribution is 7.80. The van der Waals surface area contributed by atoms with Crippen molar-refractivity contribution >= 4 is 23.1 Å². The molecule has 1 amide bonds. The van der Waals surface area contributed by atoms with E-state index in [0.717, 1.165) is 32.1 Å². The molecule has 0 aromatic rings. The fourth-order valence-electron chi connectivity index (χ4n) is 3.58. The van der Waals surface area contributed by atoms with Crippen molar-refractivity contribution in [3.8, 4) is 0 Å². The molecule has 19 heavy (non-hydrogen) atoms. The quantitative estimate of drug-likeness (QED) is 0.783. The van der Waals surface area contributed by atoms with Crippen LogP contribution in [0.2, 0.25) is 0 Å². The van der Waals surface area contributed by atoms with Crippen LogP contribution in [0.1, 0.15) is 64.7 Å². The molecule has 2 atom stereocenters. The third-order valence-corrected chi connectivity index (χ3v) is 5.43. The number of carbonyl (C=O) groups excluding carboxylic acids is 1. The van der Waals surface area contributed by atoms with Gasteiger partial charge in [-0.25, -0.2) is 0 Å². The van der Waals surface area contributed by atoms with Gasteiger partial charge in [0.25, 0.3) is 0 Å². The Bertz CT molecular complexity index is 350. The van der Waals surface area contributed by atoms with Gasteiger partial charge >= 0.3 is 0 Å². The number of thiocarbonyl (C=S) groups is 1. The first-order chi connectivity index (χ1) is 9.06. The van der Waals surface area contributed by atoms with Crippen LogP contribution in [-0.2, 0) is 4.79 Å². The molecule has 0 aliphatic heterocycles. The smallest absolute Gasteiger partial charge is 0.233 e. The zero-order chi connectivity index (χ0) is 13.9. The minimum atomic E-state index is -0.565. The number of carbonyl (C=O) groups is 1. The lowest BCUT2D eigenvalue weighted by Gasteiger charge is -2.38. The molecule has 0 aromatic carbocycles. The largest absolute Gasteiger partial charge is 0.392 e. The molecule has 0 aromatic heterocycles. The van der Waals surface area contributed by atoms with E-state index in [2.05, 4.69) is 12.2 Å². The van der Waals surface area contributed by atoms with Crippen LogP contribution in [0.5, 0.6) is 0 Å². The van der Waals surface area contributed by atoms with Gasteiger partial charge in [-0.05, 0) is 31.6 Å². The highest BCUT2D eigenvalue weighted by Crippen LogP contribution is 2.37. The van der Waals surface area contributed by atoms with Gasteiger partial charge < -0.3 is 11.1 Å². The third-order valence-electron chi connectivity index (χ3n) is 5.04. The minimum Gasteiger partial charge on any atom is -0.392 e. The van der Waals surface area contributed by atoms with Crippen molar-refractivity contribution in [2.24, 2.45) is 17.1 Å². The van der Waals surface area contributed by atoms with E-state index in [9.17, 15) is 4.79 Å². The normalized spacial score (nSPS) is 30.6.